The fraction of sp³-hybridized carbons (Fsp3) is 0. The van der Waals surface area contributed by atoms with Crippen LogP contribution in [0.25, 0.3) is 0 Å². The van der Waals surface area contributed by atoms with E-state index in [2.05, 4.69) is 28.8 Å². The van der Waals surface area contributed by atoms with Crippen molar-refractivity contribution in [2.45, 2.75) is 0 Å². The largest absolute Gasteiger partial charge is 0.490 e. The molecule has 0 bridgehead atoms. The normalized spacial score (nSPS) is 11.5. The van der Waals surface area contributed by atoms with Gasteiger partial charge >= 0.3 is 23.5 Å². The Kier molecular flexibility index (Phi) is 9.97. The monoisotopic (exact) mass is 406 g/mol. The standard InChI is InChI=1S/C4H4N2.C3H4N2.H5O10P3/c1-2-5-4-6-3-1;1-2-4-5-3-1;1-11(2,3)9-13(7,8)10-12(4,5)6/h1-4H;1-3H,(H,4,5);(H,7,8)(H2,1,2,3)(H2,4,5,6). The first-order valence-corrected chi connectivity index (χ1v) is 9.97. The smallest absolute Gasteiger partial charge is 0.302 e. The van der Waals surface area contributed by atoms with Gasteiger partial charge in [0.2, 0.25) is 0 Å². The van der Waals surface area contributed by atoms with E-state index in [4.69, 9.17) is 24.5 Å². The molecule has 0 spiro atoms. The SMILES string of the molecule is O=P(O)(O)OP(=O)(O)OP(=O)(O)O.c1cn[nH]c1.c1cncnc1. The first kappa shape index (κ1) is 22.7. The molecule has 0 aromatic carbocycles. The predicted octanol–water partition coefficient (Wildman–Crippen LogP) is 0.192. The van der Waals surface area contributed by atoms with Gasteiger partial charge in [0.05, 0.1) is 0 Å². The van der Waals surface area contributed by atoms with Crippen molar-refractivity contribution in [2.24, 2.45) is 0 Å². The Morgan fingerprint density at radius 2 is 1.29 bits per heavy atom. The molecule has 2 rings (SSSR count). The van der Waals surface area contributed by atoms with Crippen LogP contribution < -0.4 is 0 Å². The van der Waals surface area contributed by atoms with Crippen molar-refractivity contribution >= 4 is 23.5 Å². The highest BCUT2D eigenvalue weighted by atomic mass is 31.3. The van der Waals surface area contributed by atoms with Crippen molar-refractivity contribution in [3.05, 3.63) is 43.2 Å². The molecule has 6 N–H and O–H groups in total. The molecule has 0 saturated heterocycles. The third-order valence-corrected chi connectivity index (χ3v) is 4.66. The van der Waals surface area contributed by atoms with Gasteiger partial charge < -0.3 is 24.5 Å². The van der Waals surface area contributed by atoms with Crippen molar-refractivity contribution in [2.75, 3.05) is 0 Å². The average Bonchev–Trinajstić information content (AvgIpc) is 2.94. The zero-order valence-corrected chi connectivity index (χ0v) is 14.2. The lowest BCUT2D eigenvalue weighted by molar-refractivity contribution is 0.204. The molecule has 0 fully saturated rings. The maximum atomic E-state index is 10.4. The molecular weight excluding hydrogens is 393 g/mol. The number of phosphoric acid groups is 3. The maximum absolute atomic E-state index is 10.4. The summed E-state index contributed by atoms with van der Waals surface area (Å²) in [7, 11) is -16.2. The lowest BCUT2D eigenvalue weighted by Crippen LogP contribution is -1.91. The fourth-order valence-electron chi connectivity index (χ4n) is 0.752. The Labute approximate surface area is 134 Å². The fourth-order valence-corrected chi connectivity index (χ4v) is 3.29. The number of rotatable bonds is 4. The van der Waals surface area contributed by atoms with Gasteiger partial charge in [0.15, 0.2) is 0 Å². The van der Waals surface area contributed by atoms with E-state index in [0.717, 1.165) is 0 Å². The minimum atomic E-state index is -5.46. The van der Waals surface area contributed by atoms with Gasteiger partial charge in [0.25, 0.3) is 0 Å². The van der Waals surface area contributed by atoms with Gasteiger partial charge in [-0.05, 0) is 12.1 Å². The molecule has 17 heteroatoms. The minimum Gasteiger partial charge on any atom is -0.302 e. The lowest BCUT2D eigenvalue weighted by Gasteiger charge is -2.11. The number of aromatic amines is 1. The van der Waals surface area contributed by atoms with Gasteiger partial charge in [-0.2, -0.15) is 13.7 Å². The highest BCUT2D eigenvalue weighted by molar-refractivity contribution is 7.66. The van der Waals surface area contributed by atoms with Crippen LogP contribution in [-0.4, -0.2) is 44.6 Å². The Balaban J connectivity index is 0.000000388. The molecule has 0 atom stereocenters. The summed E-state index contributed by atoms with van der Waals surface area (Å²) in [6, 6.07) is 3.61. The Hall–Kier alpha value is -1.30. The third kappa shape index (κ3) is 17.1. The van der Waals surface area contributed by atoms with Crippen LogP contribution in [0.3, 0.4) is 0 Å². The van der Waals surface area contributed by atoms with E-state index in [0.29, 0.717) is 0 Å². The Morgan fingerprint density at radius 3 is 1.46 bits per heavy atom. The zero-order chi connectivity index (χ0) is 18.7. The second kappa shape index (κ2) is 10.5. The molecule has 2 aromatic heterocycles. The number of H-pyrrole nitrogens is 1. The summed E-state index contributed by atoms with van der Waals surface area (Å²) in [5.74, 6) is 0. The summed E-state index contributed by atoms with van der Waals surface area (Å²) in [6.45, 7) is 0. The quantitative estimate of drug-likeness (QED) is 0.373. The summed E-state index contributed by atoms with van der Waals surface area (Å²) >= 11 is 0. The van der Waals surface area contributed by atoms with E-state index in [-0.39, 0.29) is 0 Å². The molecule has 0 unspecified atom stereocenters. The van der Waals surface area contributed by atoms with Crippen LogP contribution in [0.2, 0.25) is 0 Å². The topological polar surface area (TPSA) is 225 Å². The summed E-state index contributed by atoms with van der Waals surface area (Å²) < 4.78 is 36.4. The van der Waals surface area contributed by atoms with Gasteiger partial charge in [-0.3, -0.25) is 5.10 Å². The number of nitrogens with zero attached hydrogens (tertiary/aromatic N) is 3. The van der Waals surface area contributed by atoms with Crippen LogP contribution in [0.15, 0.2) is 43.2 Å². The molecule has 0 radical (unpaired) electrons. The van der Waals surface area contributed by atoms with Gasteiger partial charge in [0, 0.05) is 24.8 Å². The predicted molar refractivity (Wildman–Crippen MR) is 76.7 cm³/mol. The molecule has 14 nitrogen and oxygen atoms in total. The molecule has 2 aromatic rings. The van der Waals surface area contributed by atoms with Crippen LogP contribution >= 0.6 is 23.5 Å². The third-order valence-electron chi connectivity index (χ3n) is 1.30. The summed E-state index contributed by atoms with van der Waals surface area (Å²) in [5.41, 5.74) is 0. The van der Waals surface area contributed by atoms with E-state index in [1.165, 1.54) is 6.33 Å². The maximum Gasteiger partial charge on any atom is 0.490 e. The first-order chi connectivity index (χ1) is 10.9. The van der Waals surface area contributed by atoms with Gasteiger partial charge in [0.1, 0.15) is 6.33 Å². The Morgan fingerprint density at radius 1 is 0.792 bits per heavy atom. The van der Waals surface area contributed by atoms with Gasteiger partial charge in [-0.25, -0.2) is 23.7 Å². The minimum absolute atomic E-state index is 1.50. The number of nitrogens with one attached hydrogen (secondary N) is 1. The molecule has 2 heterocycles. The van der Waals surface area contributed by atoms with Crippen LogP contribution in [0.4, 0.5) is 0 Å². The van der Waals surface area contributed by atoms with Gasteiger partial charge in [-0.1, -0.05) is 0 Å². The Bertz CT molecular complexity index is 614. The van der Waals surface area contributed by atoms with Crippen LogP contribution in [0, 0.1) is 0 Å². The van der Waals surface area contributed by atoms with E-state index in [9.17, 15) is 13.7 Å². The lowest BCUT2D eigenvalue weighted by atomic mass is 10.7. The molecule has 0 amide bonds. The van der Waals surface area contributed by atoms with E-state index < -0.39 is 23.5 Å². The van der Waals surface area contributed by atoms with Crippen molar-refractivity contribution in [3.8, 4) is 0 Å². The zero-order valence-electron chi connectivity index (χ0n) is 11.5. The number of aromatic nitrogens is 4. The summed E-state index contributed by atoms with van der Waals surface area (Å²) in [6.07, 6.45) is 8.33. The molecule has 0 aliphatic carbocycles. The average molecular weight is 406 g/mol. The molecule has 136 valence electrons. The van der Waals surface area contributed by atoms with Gasteiger partial charge in [-0.15, -0.1) is 0 Å². The molecular formula is C7H13N4O10P3. The number of hydrogen-bond acceptors (Lipinski definition) is 8. The molecule has 24 heavy (non-hydrogen) atoms. The highest BCUT2D eigenvalue weighted by Gasteiger charge is 2.38. The second-order valence-corrected chi connectivity index (χ2v) is 7.49. The van der Waals surface area contributed by atoms with E-state index >= 15 is 0 Å². The summed E-state index contributed by atoms with van der Waals surface area (Å²) in [5, 5.41) is 6.21. The molecule has 0 aliphatic heterocycles. The van der Waals surface area contributed by atoms with Crippen LogP contribution in [0.1, 0.15) is 0 Å². The first-order valence-electron chi connectivity index (χ1n) is 5.41. The van der Waals surface area contributed by atoms with E-state index in [1.807, 2.05) is 6.07 Å². The van der Waals surface area contributed by atoms with Crippen LogP contribution in [-0.2, 0) is 22.3 Å². The second-order valence-electron chi connectivity index (χ2n) is 3.28. The summed E-state index contributed by atoms with van der Waals surface area (Å²) in [4.78, 5) is 47.6. The highest BCUT2D eigenvalue weighted by Crippen LogP contribution is 2.64. The molecule has 0 aliphatic rings. The van der Waals surface area contributed by atoms with E-state index in [1.54, 1.807) is 30.9 Å². The number of hydrogen-bond donors (Lipinski definition) is 6. The van der Waals surface area contributed by atoms with Crippen molar-refractivity contribution in [3.63, 3.8) is 0 Å². The van der Waals surface area contributed by atoms with Crippen molar-refractivity contribution in [1.82, 2.24) is 20.2 Å². The van der Waals surface area contributed by atoms with Crippen LogP contribution in [0.5, 0.6) is 0 Å². The molecule has 0 saturated carbocycles. The van der Waals surface area contributed by atoms with Crippen molar-refractivity contribution < 1.29 is 46.8 Å². The van der Waals surface area contributed by atoms with Crippen molar-refractivity contribution in [1.29, 1.82) is 0 Å².